The van der Waals surface area contributed by atoms with Gasteiger partial charge in [0.25, 0.3) is 0 Å². The van der Waals surface area contributed by atoms with Gasteiger partial charge < -0.3 is 9.84 Å². The number of hydrogen-bond donors (Lipinski definition) is 1. The van der Waals surface area contributed by atoms with Crippen LogP contribution in [0.1, 0.15) is 50.3 Å². The van der Waals surface area contributed by atoms with Crippen LogP contribution in [0, 0.1) is 23.2 Å². The van der Waals surface area contributed by atoms with Crippen LogP contribution >= 0.6 is 0 Å². The number of carbonyl (C=O) groups is 1. The number of nitrogens with zero attached hydrogens (tertiary/aromatic N) is 2. The van der Waals surface area contributed by atoms with E-state index in [0.29, 0.717) is 12.5 Å². The number of ether oxygens (including phenoxy) is 1. The van der Waals surface area contributed by atoms with E-state index in [0.717, 1.165) is 45.4 Å². The highest BCUT2D eigenvalue weighted by Gasteiger charge is 2.59. The number of piperazine rings is 1. The number of hydrogen-bond acceptors (Lipinski definition) is 5. The van der Waals surface area contributed by atoms with Crippen molar-refractivity contribution in [2.24, 2.45) is 23.2 Å². The predicted octanol–water partition coefficient (Wildman–Crippen LogP) is 4.68. The quantitative estimate of drug-likeness (QED) is 0.477. The molecule has 37 heavy (non-hydrogen) atoms. The Labute approximate surface area is 221 Å². The van der Waals surface area contributed by atoms with Crippen LogP contribution in [0.25, 0.3) is 0 Å². The third kappa shape index (κ3) is 4.35. The number of aliphatic hydroxyl groups is 1. The molecule has 0 spiro atoms. The van der Waals surface area contributed by atoms with Gasteiger partial charge in [-0.2, -0.15) is 0 Å². The summed E-state index contributed by atoms with van der Waals surface area (Å²) in [5, 5.41) is 11.7. The van der Waals surface area contributed by atoms with E-state index in [4.69, 9.17) is 4.74 Å². The summed E-state index contributed by atoms with van der Waals surface area (Å²) in [6, 6.07) is 21.7. The number of benzene rings is 2. The average molecular weight is 501 g/mol. The second kappa shape index (κ2) is 10.0. The number of fused-ring (bicyclic) bond motifs is 2. The lowest BCUT2D eigenvalue weighted by atomic mass is 9.55. The highest BCUT2D eigenvalue weighted by Crippen LogP contribution is 2.56. The summed E-state index contributed by atoms with van der Waals surface area (Å²) >= 11 is 0. The molecule has 4 aliphatic rings. The number of esters is 1. The maximum atomic E-state index is 13.1. The molecule has 1 saturated carbocycles. The molecule has 5 heteroatoms. The van der Waals surface area contributed by atoms with Gasteiger partial charge in [0.2, 0.25) is 0 Å². The van der Waals surface area contributed by atoms with Gasteiger partial charge in [0.15, 0.2) is 0 Å². The third-order valence-corrected chi connectivity index (χ3v) is 10.0. The van der Waals surface area contributed by atoms with Gasteiger partial charge in [-0.1, -0.05) is 86.2 Å². The first-order chi connectivity index (χ1) is 18.0. The van der Waals surface area contributed by atoms with Crippen molar-refractivity contribution in [2.75, 3.05) is 32.7 Å². The molecule has 2 heterocycles. The molecule has 6 rings (SSSR count). The SMILES string of the molecule is C[C@H]1CCC=C2C[C@H]3OC(=O)C(CN4CCN(C(c5ccccc5)c5ccccc5)CC4)[C@H]3[C@H](O)[C@@]21C. The van der Waals surface area contributed by atoms with E-state index >= 15 is 0 Å². The summed E-state index contributed by atoms with van der Waals surface area (Å²) in [5.41, 5.74) is 3.68. The minimum absolute atomic E-state index is 0.113. The van der Waals surface area contributed by atoms with Gasteiger partial charge in [-0.15, -0.1) is 0 Å². The molecule has 1 N–H and O–H groups in total. The van der Waals surface area contributed by atoms with E-state index in [1.807, 2.05) is 0 Å². The third-order valence-electron chi connectivity index (χ3n) is 10.0. The molecule has 2 aromatic carbocycles. The van der Waals surface area contributed by atoms with Gasteiger partial charge >= 0.3 is 5.97 Å². The fourth-order valence-corrected chi connectivity index (χ4v) is 7.64. The Kier molecular flexibility index (Phi) is 6.72. The standard InChI is InChI=1S/C32H40N2O3/c1-22-10-9-15-25-20-27-28(30(35)32(22,25)2)26(31(36)37-27)21-33-16-18-34(19-17-33)29(23-11-5-3-6-12-23)24-13-7-4-8-14-24/h3-8,11-15,22,26-30,35H,9-10,16-21H2,1-2H3/t22-,26?,27+,28+,30-,32+/m0/s1. The molecular weight excluding hydrogens is 460 g/mol. The van der Waals surface area contributed by atoms with Gasteiger partial charge in [0.05, 0.1) is 18.1 Å². The molecule has 2 saturated heterocycles. The van der Waals surface area contributed by atoms with Gasteiger partial charge in [-0.3, -0.25) is 14.6 Å². The summed E-state index contributed by atoms with van der Waals surface area (Å²) in [6.45, 7) is 8.85. The fraction of sp³-hybridized carbons (Fsp3) is 0.531. The van der Waals surface area contributed by atoms with Crippen molar-refractivity contribution in [2.45, 2.75) is 51.4 Å². The van der Waals surface area contributed by atoms with Crippen molar-refractivity contribution < 1.29 is 14.6 Å². The zero-order chi connectivity index (χ0) is 25.6. The van der Waals surface area contributed by atoms with Crippen molar-refractivity contribution in [3.63, 3.8) is 0 Å². The van der Waals surface area contributed by atoms with E-state index in [1.54, 1.807) is 0 Å². The van der Waals surface area contributed by atoms with E-state index in [2.05, 4.69) is 90.4 Å². The van der Waals surface area contributed by atoms with Gasteiger partial charge in [-0.05, 0) is 29.9 Å². The number of rotatable bonds is 5. The van der Waals surface area contributed by atoms with Crippen LogP contribution in [-0.2, 0) is 9.53 Å². The molecule has 3 fully saturated rings. The van der Waals surface area contributed by atoms with E-state index < -0.39 is 6.10 Å². The zero-order valence-electron chi connectivity index (χ0n) is 22.1. The molecule has 0 amide bonds. The summed E-state index contributed by atoms with van der Waals surface area (Å²) in [4.78, 5) is 18.1. The monoisotopic (exact) mass is 500 g/mol. The van der Waals surface area contributed by atoms with Gasteiger partial charge in [0, 0.05) is 50.5 Å². The average Bonchev–Trinajstić information content (AvgIpc) is 3.23. The Morgan fingerprint density at radius 2 is 1.62 bits per heavy atom. The van der Waals surface area contributed by atoms with Crippen LogP contribution in [0.2, 0.25) is 0 Å². The maximum absolute atomic E-state index is 13.1. The van der Waals surface area contributed by atoms with E-state index in [-0.39, 0.29) is 35.4 Å². The number of carbonyl (C=O) groups excluding carboxylic acids is 1. The molecule has 5 nitrogen and oxygen atoms in total. The zero-order valence-corrected chi connectivity index (χ0v) is 22.1. The highest BCUT2D eigenvalue weighted by atomic mass is 16.6. The van der Waals surface area contributed by atoms with Gasteiger partial charge in [0.1, 0.15) is 6.10 Å². The van der Waals surface area contributed by atoms with Crippen molar-refractivity contribution in [3.05, 3.63) is 83.4 Å². The van der Waals surface area contributed by atoms with Crippen LogP contribution in [0.15, 0.2) is 72.3 Å². The minimum atomic E-state index is -0.536. The first-order valence-electron chi connectivity index (χ1n) is 14.1. The fourth-order valence-electron chi connectivity index (χ4n) is 7.64. The van der Waals surface area contributed by atoms with Gasteiger partial charge in [-0.25, -0.2) is 0 Å². The highest BCUT2D eigenvalue weighted by molar-refractivity contribution is 5.76. The smallest absolute Gasteiger partial charge is 0.311 e. The van der Waals surface area contributed by atoms with Crippen LogP contribution < -0.4 is 0 Å². The molecule has 0 bridgehead atoms. The molecule has 1 unspecified atom stereocenters. The molecule has 2 aliphatic heterocycles. The van der Waals surface area contributed by atoms with E-state index in [1.165, 1.54) is 16.7 Å². The Bertz CT molecular complexity index is 1090. The lowest BCUT2D eigenvalue weighted by Gasteiger charge is -2.52. The van der Waals surface area contributed by atoms with Crippen LogP contribution in [-0.4, -0.2) is 65.8 Å². The summed E-state index contributed by atoms with van der Waals surface area (Å²) < 4.78 is 5.92. The summed E-state index contributed by atoms with van der Waals surface area (Å²) in [7, 11) is 0. The van der Waals surface area contributed by atoms with Crippen molar-refractivity contribution in [1.29, 1.82) is 0 Å². The first kappa shape index (κ1) is 24.8. The molecule has 0 radical (unpaired) electrons. The molecule has 2 aliphatic carbocycles. The first-order valence-corrected chi connectivity index (χ1v) is 14.1. The van der Waals surface area contributed by atoms with Crippen molar-refractivity contribution >= 4 is 5.97 Å². The lowest BCUT2D eigenvalue weighted by molar-refractivity contribution is -0.145. The van der Waals surface area contributed by atoms with Crippen LogP contribution in [0.3, 0.4) is 0 Å². The van der Waals surface area contributed by atoms with Crippen LogP contribution in [0.4, 0.5) is 0 Å². The molecule has 196 valence electrons. The predicted molar refractivity (Wildman–Crippen MR) is 145 cm³/mol. The molecule has 0 aromatic heterocycles. The van der Waals surface area contributed by atoms with E-state index in [9.17, 15) is 9.90 Å². The molecule has 6 atom stereocenters. The number of allylic oxidation sites excluding steroid dienone is 1. The Morgan fingerprint density at radius 3 is 2.24 bits per heavy atom. The summed E-state index contributed by atoms with van der Waals surface area (Å²) in [6.07, 6.45) is 4.53. The lowest BCUT2D eigenvalue weighted by Crippen LogP contribution is -2.55. The normalized spacial score (nSPS) is 34.5. The Balaban J connectivity index is 1.16. The number of aliphatic hydroxyl groups excluding tert-OH is 1. The Hall–Kier alpha value is -2.47. The Morgan fingerprint density at radius 1 is 1.00 bits per heavy atom. The van der Waals surface area contributed by atoms with Crippen LogP contribution in [0.5, 0.6) is 0 Å². The minimum Gasteiger partial charge on any atom is -0.461 e. The topological polar surface area (TPSA) is 53.0 Å². The van der Waals surface area contributed by atoms with Crippen molar-refractivity contribution in [3.8, 4) is 0 Å². The molecular formula is C32H40N2O3. The van der Waals surface area contributed by atoms with Crippen molar-refractivity contribution in [1.82, 2.24) is 9.80 Å². The molecule has 2 aromatic rings. The largest absolute Gasteiger partial charge is 0.461 e. The summed E-state index contributed by atoms with van der Waals surface area (Å²) in [5.74, 6) is -0.0672. The maximum Gasteiger partial charge on any atom is 0.311 e. The second-order valence-corrected chi connectivity index (χ2v) is 11.9. The second-order valence-electron chi connectivity index (χ2n) is 11.9.